The molecule has 1 aliphatic heterocycles. The molecule has 0 saturated heterocycles. The van der Waals surface area contributed by atoms with Crippen molar-refractivity contribution in [2.45, 2.75) is 25.6 Å². The molecule has 9 heteroatoms. The molecule has 1 heterocycles. The van der Waals surface area contributed by atoms with Gasteiger partial charge < -0.3 is 19.5 Å². The Hall–Kier alpha value is -2.35. The molecule has 0 fully saturated rings. The lowest BCUT2D eigenvalue weighted by atomic mass is 9.95. The minimum Gasteiger partial charge on any atom is -0.497 e. The molecule has 170 valence electrons. The van der Waals surface area contributed by atoms with E-state index in [1.165, 1.54) is 11.8 Å². The number of allylic oxidation sites excluding steroid dienone is 1. The lowest BCUT2D eigenvalue weighted by molar-refractivity contribution is -0.138. The van der Waals surface area contributed by atoms with Crippen LogP contribution in [0.5, 0.6) is 11.5 Å². The molecule has 0 saturated carbocycles. The van der Waals surface area contributed by atoms with Crippen molar-refractivity contribution in [1.29, 1.82) is 0 Å². The maximum absolute atomic E-state index is 12.8. The highest BCUT2D eigenvalue weighted by Gasteiger charge is 2.32. The Labute approximate surface area is 201 Å². The summed E-state index contributed by atoms with van der Waals surface area (Å²) in [5.74, 6) is 1.43. The molecular formula is C23H24Cl2N2O4S. The maximum Gasteiger partial charge on any atom is 0.338 e. The van der Waals surface area contributed by atoms with Crippen LogP contribution in [0, 0.1) is 0 Å². The Morgan fingerprint density at radius 3 is 2.56 bits per heavy atom. The molecule has 0 amide bonds. The van der Waals surface area contributed by atoms with E-state index in [1.807, 2.05) is 31.2 Å². The number of methoxy groups -OCH3 is 2. The van der Waals surface area contributed by atoms with Crippen LogP contribution in [0.25, 0.3) is 0 Å². The van der Waals surface area contributed by atoms with Crippen molar-refractivity contribution in [2.75, 3.05) is 20.8 Å². The van der Waals surface area contributed by atoms with Gasteiger partial charge in [0.2, 0.25) is 0 Å². The van der Waals surface area contributed by atoms with Crippen LogP contribution >= 0.6 is 35.0 Å². The van der Waals surface area contributed by atoms with Crippen LogP contribution in [0.3, 0.4) is 0 Å². The van der Waals surface area contributed by atoms with Crippen LogP contribution in [0.15, 0.2) is 52.7 Å². The minimum atomic E-state index is -0.590. The number of aliphatic imine (C=N–C) groups is 1. The summed E-state index contributed by atoms with van der Waals surface area (Å²) in [4.78, 5) is 17.6. The molecule has 2 aromatic carbocycles. The number of amidine groups is 1. The number of carbonyl (C=O) groups is 1. The molecule has 0 bridgehead atoms. The van der Waals surface area contributed by atoms with Gasteiger partial charge in [0.15, 0.2) is 5.17 Å². The Balaban J connectivity index is 1.96. The van der Waals surface area contributed by atoms with Gasteiger partial charge in [-0.25, -0.2) is 9.79 Å². The normalized spacial score (nSPS) is 15.7. The summed E-state index contributed by atoms with van der Waals surface area (Å²) >= 11 is 13.6. The first-order chi connectivity index (χ1) is 15.4. The highest BCUT2D eigenvalue weighted by Crippen LogP contribution is 2.39. The van der Waals surface area contributed by atoms with E-state index in [-0.39, 0.29) is 6.61 Å². The number of halogens is 2. The first-order valence-corrected chi connectivity index (χ1v) is 11.6. The fraction of sp³-hybridized carbons (Fsp3) is 0.304. The summed E-state index contributed by atoms with van der Waals surface area (Å²) < 4.78 is 16.2. The predicted molar refractivity (Wildman–Crippen MR) is 130 cm³/mol. The summed E-state index contributed by atoms with van der Waals surface area (Å²) in [5, 5.41) is 4.92. The number of carbonyl (C=O) groups excluding carboxylic acids is 1. The van der Waals surface area contributed by atoms with E-state index in [4.69, 9.17) is 42.4 Å². The minimum absolute atomic E-state index is 0.269. The van der Waals surface area contributed by atoms with Crippen LogP contribution in [-0.2, 0) is 15.3 Å². The van der Waals surface area contributed by atoms with Crippen molar-refractivity contribution in [3.05, 3.63) is 68.8 Å². The lowest BCUT2D eigenvalue weighted by Gasteiger charge is -2.27. The van der Waals surface area contributed by atoms with E-state index in [1.54, 1.807) is 33.3 Å². The summed E-state index contributed by atoms with van der Waals surface area (Å²) in [6, 6.07) is 10.4. The van der Waals surface area contributed by atoms with E-state index in [9.17, 15) is 4.79 Å². The number of hydrogen-bond acceptors (Lipinski definition) is 7. The second-order valence-electron chi connectivity index (χ2n) is 6.87. The Bertz CT molecular complexity index is 1070. The Morgan fingerprint density at radius 2 is 1.91 bits per heavy atom. The van der Waals surface area contributed by atoms with Crippen molar-refractivity contribution in [3.63, 3.8) is 0 Å². The SMILES string of the molecule is CCOC(=O)C1=C(C)NC(SCc2ccc(Cl)c(Cl)c2)=N[C@@H]1c1ccc(OC)cc1OC. The summed E-state index contributed by atoms with van der Waals surface area (Å²) in [5.41, 5.74) is 2.86. The number of ether oxygens (including phenoxy) is 3. The van der Waals surface area contributed by atoms with Gasteiger partial charge in [0.1, 0.15) is 17.5 Å². The van der Waals surface area contributed by atoms with Gasteiger partial charge in [-0.15, -0.1) is 0 Å². The molecule has 0 aromatic heterocycles. The van der Waals surface area contributed by atoms with Crippen LogP contribution in [0.1, 0.15) is 31.0 Å². The van der Waals surface area contributed by atoms with Gasteiger partial charge in [0.25, 0.3) is 0 Å². The molecule has 32 heavy (non-hydrogen) atoms. The third kappa shape index (κ3) is 5.52. The Morgan fingerprint density at radius 1 is 1.12 bits per heavy atom. The van der Waals surface area contributed by atoms with Gasteiger partial charge in [-0.05, 0) is 43.7 Å². The summed E-state index contributed by atoms with van der Waals surface area (Å²) in [6.45, 7) is 3.88. The number of thioether (sulfide) groups is 1. The van der Waals surface area contributed by atoms with E-state index < -0.39 is 12.0 Å². The fourth-order valence-corrected chi connectivity index (χ4v) is 4.45. The standard InChI is InChI=1S/C23H24Cl2N2O4S/c1-5-31-22(28)20-13(2)26-23(32-12-14-6-9-17(24)18(25)10-14)27-21(20)16-8-7-15(29-3)11-19(16)30-4/h6-11,21H,5,12H2,1-4H3,(H,26,27)/t21-/m1/s1. The molecule has 3 rings (SSSR count). The van der Waals surface area contributed by atoms with Crippen molar-refractivity contribution < 1.29 is 19.0 Å². The van der Waals surface area contributed by atoms with E-state index in [2.05, 4.69) is 5.32 Å². The largest absolute Gasteiger partial charge is 0.497 e. The third-order valence-corrected chi connectivity index (χ3v) is 6.51. The van der Waals surface area contributed by atoms with Gasteiger partial charge in [-0.3, -0.25) is 0 Å². The number of esters is 1. The molecule has 1 aliphatic rings. The molecule has 0 spiro atoms. The fourth-order valence-electron chi connectivity index (χ4n) is 3.24. The zero-order chi connectivity index (χ0) is 23.3. The first-order valence-electron chi connectivity index (χ1n) is 9.89. The Kier molecular flexibility index (Phi) is 8.34. The summed E-state index contributed by atoms with van der Waals surface area (Å²) in [6.07, 6.45) is 0. The highest BCUT2D eigenvalue weighted by molar-refractivity contribution is 8.13. The smallest absolute Gasteiger partial charge is 0.338 e. The van der Waals surface area contributed by atoms with Crippen molar-refractivity contribution in [2.24, 2.45) is 4.99 Å². The number of rotatable bonds is 7. The zero-order valence-electron chi connectivity index (χ0n) is 18.2. The molecule has 0 radical (unpaired) electrons. The maximum atomic E-state index is 12.8. The van der Waals surface area contributed by atoms with Crippen molar-refractivity contribution in [1.82, 2.24) is 5.32 Å². The van der Waals surface area contributed by atoms with Gasteiger partial charge >= 0.3 is 5.97 Å². The average molecular weight is 495 g/mol. The molecular weight excluding hydrogens is 471 g/mol. The van der Waals surface area contributed by atoms with Gasteiger partial charge in [-0.2, -0.15) is 0 Å². The molecule has 6 nitrogen and oxygen atoms in total. The van der Waals surface area contributed by atoms with Gasteiger partial charge in [0, 0.05) is 23.1 Å². The number of hydrogen-bond donors (Lipinski definition) is 1. The molecule has 1 N–H and O–H groups in total. The molecule has 1 atom stereocenters. The van der Waals surface area contributed by atoms with Gasteiger partial charge in [0.05, 0.1) is 36.4 Å². The second kappa shape index (κ2) is 11.0. The zero-order valence-corrected chi connectivity index (χ0v) is 20.5. The van der Waals surface area contributed by atoms with Crippen molar-refractivity contribution >= 4 is 46.1 Å². The lowest BCUT2D eigenvalue weighted by Crippen LogP contribution is -2.30. The third-order valence-electron chi connectivity index (χ3n) is 4.81. The quantitative estimate of drug-likeness (QED) is 0.491. The van der Waals surface area contributed by atoms with E-state index >= 15 is 0 Å². The average Bonchev–Trinajstić information content (AvgIpc) is 2.79. The van der Waals surface area contributed by atoms with E-state index in [0.29, 0.717) is 43.7 Å². The monoisotopic (exact) mass is 494 g/mol. The number of nitrogens with one attached hydrogen (secondary N) is 1. The number of nitrogens with zero attached hydrogens (tertiary/aromatic N) is 1. The number of benzene rings is 2. The molecule has 2 aromatic rings. The molecule has 0 aliphatic carbocycles. The topological polar surface area (TPSA) is 69.2 Å². The van der Waals surface area contributed by atoms with Crippen LogP contribution in [0.2, 0.25) is 10.0 Å². The highest BCUT2D eigenvalue weighted by atomic mass is 35.5. The van der Waals surface area contributed by atoms with Crippen LogP contribution in [-0.4, -0.2) is 32.0 Å². The van der Waals surface area contributed by atoms with Crippen LogP contribution < -0.4 is 14.8 Å². The van der Waals surface area contributed by atoms with E-state index in [0.717, 1.165) is 11.1 Å². The van der Waals surface area contributed by atoms with Gasteiger partial charge in [-0.1, -0.05) is 41.0 Å². The molecule has 0 unspecified atom stereocenters. The van der Waals surface area contributed by atoms with Crippen molar-refractivity contribution in [3.8, 4) is 11.5 Å². The second-order valence-corrected chi connectivity index (χ2v) is 8.64. The van der Waals surface area contributed by atoms with Crippen LogP contribution in [0.4, 0.5) is 0 Å². The first kappa shape index (κ1) is 24.3. The predicted octanol–water partition coefficient (Wildman–Crippen LogP) is 5.78. The summed E-state index contributed by atoms with van der Waals surface area (Å²) in [7, 11) is 3.16.